The summed E-state index contributed by atoms with van der Waals surface area (Å²) in [5, 5.41) is 0.159. The van der Waals surface area contributed by atoms with Crippen LogP contribution in [0.25, 0.3) is 0 Å². The van der Waals surface area contributed by atoms with Gasteiger partial charge in [0.1, 0.15) is 5.82 Å². The number of alkyl halides is 1. The molecule has 2 fully saturated rings. The number of nitrogens with zero attached hydrogens (tertiary/aromatic N) is 1. The van der Waals surface area contributed by atoms with E-state index < -0.39 is 5.82 Å². The van der Waals surface area contributed by atoms with Gasteiger partial charge in [-0.05, 0) is 37.8 Å². The third-order valence-corrected chi connectivity index (χ3v) is 4.37. The first-order valence-electron chi connectivity index (χ1n) is 6.38. The Hall–Kier alpha value is -1.09. The van der Waals surface area contributed by atoms with Crippen molar-refractivity contribution in [2.24, 2.45) is 0 Å². The summed E-state index contributed by atoms with van der Waals surface area (Å²) < 4.78 is 13.7. The fraction of sp³-hybridized carbons (Fsp3) is 0.500. The minimum atomic E-state index is -0.435. The molecule has 3 rings (SSSR count). The summed E-state index contributed by atoms with van der Waals surface area (Å²) in [6, 6.07) is 6.59. The maximum absolute atomic E-state index is 13.7. The largest absolute Gasteiger partial charge is 0.332 e. The van der Waals surface area contributed by atoms with Gasteiger partial charge in [0.05, 0.1) is 5.56 Å². The first-order valence-corrected chi connectivity index (χ1v) is 6.81. The van der Waals surface area contributed by atoms with Gasteiger partial charge >= 0.3 is 0 Å². The van der Waals surface area contributed by atoms with E-state index in [1.54, 1.807) is 18.2 Å². The SMILES string of the molecule is O=C(c1ccccc1F)N1C2CCC1CC(Cl)C2. The smallest absolute Gasteiger partial charge is 0.257 e. The van der Waals surface area contributed by atoms with Crippen molar-refractivity contribution >= 4 is 17.5 Å². The van der Waals surface area contributed by atoms with Gasteiger partial charge in [0.25, 0.3) is 5.91 Å². The Morgan fingerprint density at radius 2 is 1.83 bits per heavy atom. The van der Waals surface area contributed by atoms with Gasteiger partial charge in [-0.3, -0.25) is 4.79 Å². The van der Waals surface area contributed by atoms with E-state index in [0.29, 0.717) is 0 Å². The lowest BCUT2D eigenvalue weighted by atomic mass is 10.0. The van der Waals surface area contributed by atoms with Crippen LogP contribution in [0.15, 0.2) is 24.3 Å². The van der Waals surface area contributed by atoms with Crippen LogP contribution in [-0.4, -0.2) is 28.3 Å². The van der Waals surface area contributed by atoms with Crippen molar-refractivity contribution in [3.8, 4) is 0 Å². The van der Waals surface area contributed by atoms with Crippen LogP contribution < -0.4 is 0 Å². The summed E-state index contributed by atoms with van der Waals surface area (Å²) in [7, 11) is 0. The van der Waals surface area contributed by atoms with E-state index in [-0.39, 0.29) is 28.9 Å². The maximum atomic E-state index is 13.7. The maximum Gasteiger partial charge on any atom is 0.257 e. The van der Waals surface area contributed by atoms with Gasteiger partial charge in [-0.25, -0.2) is 4.39 Å². The Morgan fingerprint density at radius 1 is 1.22 bits per heavy atom. The van der Waals surface area contributed by atoms with Gasteiger partial charge in [0.15, 0.2) is 0 Å². The molecule has 0 saturated carbocycles. The molecule has 0 aromatic heterocycles. The standard InChI is InChI=1S/C14H15ClFNO/c15-9-7-10-5-6-11(8-9)17(10)14(18)12-3-1-2-4-13(12)16/h1-4,9-11H,5-8H2. The Balaban J connectivity index is 1.88. The number of carbonyl (C=O) groups is 1. The van der Waals surface area contributed by atoms with Gasteiger partial charge in [-0.15, -0.1) is 11.6 Å². The number of carbonyl (C=O) groups excluding carboxylic acids is 1. The van der Waals surface area contributed by atoms with Crippen molar-refractivity contribution in [2.75, 3.05) is 0 Å². The molecule has 18 heavy (non-hydrogen) atoms. The molecule has 2 atom stereocenters. The van der Waals surface area contributed by atoms with Gasteiger partial charge in [0, 0.05) is 17.5 Å². The number of hydrogen-bond acceptors (Lipinski definition) is 1. The Morgan fingerprint density at radius 3 is 2.44 bits per heavy atom. The van der Waals surface area contributed by atoms with Crippen LogP contribution in [0.2, 0.25) is 0 Å². The zero-order valence-electron chi connectivity index (χ0n) is 9.98. The predicted octanol–water partition coefficient (Wildman–Crippen LogP) is 3.20. The molecule has 0 N–H and O–H groups in total. The molecule has 1 aromatic carbocycles. The normalized spacial score (nSPS) is 30.6. The second-order valence-corrected chi connectivity index (χ2v) is 5.76. The summed E-state index contributed by atoms with van der Waals surface area (Å²) in [6.07, 6.45) is 3.65. The number of halogens is 2. The Labute approximate surface area is 111 Å². The van der Waals surface area contributed by atoms with Crippen LogP contribution in [0, 0.1) is 5.82 Å². The first-order chi connectivity index (χ1) is 8.66. The summed E-state index contributed by atoms with van der Waals surface area (Å²) in [4.78, 5) is 14.3. The van der Waals surface area contributed by atoms with Crippen molar-refractivity contribution in [3.05, 3.63) is 35.6 Å². The minimum Gasteiger partial charge on any atom is -0.332 e. The van der Waals surface area contributed by atoms with Crippen LogP contribution in [0.5, 0.6) is 0 Å². The lowest BCUT2D eigenvalue weighted by Crippen LogP contribution is -2.47. The van der Waals surface area contributed by atoms with Crippen LogP contribution in [0.1, 0.15) is 36.0 Å². The van der Waals surface area contributed by atoms with Crippen LogP contribution >= 0.6 is 11.6 Å². The molecule has 1 amide bonds. The lowest BCUT2D eigenvalue weighted by molar-refractivity contribution is 0.0595. The molecule has 2 bridgehead atoms. The highest BCUT2D eigenvalue weighted by molar-refractivity contribution is 6.20. The number of hydrogen-bond donors (Lipinski definition) is 0. The lowest BCUT2D eigenvalue weighted by Gasteiger charge is -2.37. The molecule has 0 spiro atoms. The summed E-state index contributed by atoms with van der Waals surface area (Å²) in [5.41, 5.74) is 0.183. The van der Waals surface area contributed by atoms with Crippen molar-refractivity contribution < 1.29 is 9.18 Å². The van der Waals surface area contributed by atoms with E-state index in [1.807, 2.05) is 4.90 Å². The van der Waals surface area contributed by atoms with Crippen molar-refractivity contribution in [3.63, 3.8) is 0 Å². The summed E-state index contributed by atoms with van der Waals surface area (Å²) >= 11 is 6.18. The Kier molecular flexibility index (Phi) is 3.02. The van der Waals surface area contributed by atoms with E-state index in [9.17, 15) is 9.18 Å². The highest BCUT2D eigenvalue weighted by Gasteiger charge is 2.43. The topological polar surface area (TPSA) is 20.3 Å². The molecular weight excluding hydrogens is 253 g/mol. The van der Waals surface area contributed by atoms with E-state index >= 15 is 0 Å². The fourth-order valence-corrected chi connectivity index (χ4v) is 3.63. The molecule has 4 heteroatoms. The van der Waals surface area contributed by atoms with Crippen LogP contribution in [-0.2, 0) is 0 Å². The molecule has 96 valence electrons. The molecule has 2 unspecified atom stereocenters. The second kappa shape index (κ2) is 4.54. The molecule has 1 aromatic rings. The number of fused-ring (bicyclic) bond motifs is 2. The average Bonchev–Trinajstić information content (AvgIpc) is 2.61. The molecule has 2 nitrogen and oxygen atoms in total. The monoisotopic (exact) mass is 267 g/mol. The quantitative estimate of drug-likeness (QED) is 0.716. The molecule has 2 aliphatic heterocycles. The highest BCUT2D eigenvalue weighted by atomic mass is 35.5. The van der Waals surface area contributed by atoms with Gasteiger partial charge in [-0.1, -0.05) is 12.1 Å². The van der Waals surface area contributed by atoms with E-state index in [0.717, 1.165) is 25.7 Å². The highest BCUT2D eigenvalue weighted by Crippen LogP contribution is 2.38. The molecule has 0 radical (unpaired) electrons. The summed E-state index contributed by atoms with van der Waals surface area (Å²) in [6.45, 7) is 0. The van der Waals surface area contributed by atoms with Crippen molar-refractivity contribution in [2.45, 2.75) is 43.1 Å². The predicted molar refractivity (Wildman–Crippen MR) is 68.3 cm³/mol. The number of amides is 1. The third kappa shape index (κ3) is 1.91. The molecule has 2 heterocycles. The van der Waals surface area contributed by atoms with Gasteiger partial charge < -0.3 is 4.90 Å². The van der Waals surface area contributed by atoms with Crippen LogP contribution in [0.4, 0.5) is 4.39 Å². The average molecular weight is 268 g/mol. The molecule has 0 aliphatic carbocycles. The number of benzene rings is 1. The van der Waals surface area contributed by atoms with Crippen molar-refractivity contribution in [1.82, 2.24) is 4.90 Å². The van der Waals surface area contributed by atoms with E-state index in [4.69, 9.17) is 11.6 Å². The first kappa shape index (κ1) is 12.0. The molecule has 2 saturated heterocycles. The fourth-order valence-electron chi connectivity index (χ4n) is 3.22. The second-order valence-electron chi connectivity index (χ2n) is 5.15. The molecule has 2 aliphatic rings. The number of piperidine rings is 1. The van der Waals surface area contributed by atoms with E-state index in [1.165, 1.54) is 6.07 Å². The van der Waals surface area contributed by atoms with Gasteiger partial charge in [0.2, 0.25) is 0 Å². The summed E-state index contributed by atoms with van der Waals surface area (Å²) in [5.74, 6) is -0.612. The Bertz CT molecular complexity index is 465. The van der Waals surface area contributed by atoms with E-state index in [2.05, 4.69) is 0 Å². The van der Waals surface area contributed by atoms with Crippen molar-refractivity contribution in [1.29, 1.82) is 0 Å². The zero-order valence-corrected chi connectivity index (χ0v) is 10.7. The molecular formula is C14H15ClFNO. The van der Waals surface area contributed by atoms with Crippen LogP contribution in [0.3, 0.4) is 0 Å². The number of rotatable bonds is 1. The van der Waals surface area contributed by atoms with Gasteiger partial charge in [-0.2, -0.15) is 0 Å². The minimum absolute atomic E-state index is 0.159. The zero-order chi connectivity index (χ0) is 12.7. The third-order valence-electron chi connectivity index (χ3n) is 4.01.